The number of anilines is 2. The minimum atomic E-state index is -0.227. The second-order valence-electron chi connectivity index (χ2n) is 11.7. The van der Waals surface area contributed by atoms with Crippen molar-refractivity contribution in [3.8, 4) is 12.1 Å². The number of aryl methyl sites for hydroxylation is 1. The molecule has 9 nitrogen and oxygen atoms in total. The van der Waals surface area contributed by atoms with Crippen molar-refractivity contribution < 1.29 is 9.53 Å². The molecule has 4 heterocycles. The first-order valence-corrected chi connectivity index (χ1v) is 15.0. The first kappa shape index (κ1) is 28.0. The molecule has 0 spiro atoms. The normalized spacial score (nSPS) is 20.8. The first-order valence-electron chi connectivity index (χ1n) is 15.0. The molecule has 0 radical (unpaired) electrons. The van der Waals surface area contributed by atoms with E-state index in [1.165, 1.54) is 34.5 Å². The fraction of sp³-hybridized carbons (Fsp3) is 0.455. The quantitative estimate of drug-likeness (QED) is 0.397. The van der Waals surface area contributed by atoms with Crippen molar-refractivity contribution >= 4 is 28.2 Å². The van der Waals surface area contributed by atoms with Crippen LogP contribution in [0.4, 0.5) is 11.5 Å². The maximum absolute atomic E-state index is 12.5. The zero-order chi connectivity index (χ0) is 29.2. The highest BCUT2D eigenvalue weighted by Gasteiger charge is 2.33. The summed E-state index contributed by atoms with van der Waals surface area (Å²) in [5.74, 6) is 0.738. The third kappa shape index (κ3) is 5.39. The van der Waals surface area contributed by atoms with Gasteiger partial charge in [0.15, 0.2) is 0 Å². The van der Waals surface area contributed by atoms with E-state index in [1.807, 2.05) is 0 Å². The summed E-state index contributed by atoms with van der Waals surface area (Å²) in [6.07, 6.45) is 4.68. The average molecular weight is 565 g/mol. The van der Waals surface area contributed by atoms with Crippen molar-refractivity contribution in [2.75, 3.05) is 56.2 Å². The Hall–Kier alpha value is -4.16. The van der Waals surface area contributed by atoms with E-state index in [9.17, 15) is 10.1 Å². The van der Waals surface area contributed by atoms with Gasteiger partial charge >= 0.3 is 6.01 Å². The molecule has 9 heteroatoms. The second kappa shape index (κ2) is 12.0. The summed E-state index contributed by atoms with van der Waals surface area (Å²) in [5.41, 5.74) is 4.59. The molecular formula is C33H39N7O2. The third-order valence-electron chi connectivity index (χ3n) is 9.10. The van der Waals surface area contributed by atoms with Gasteiger partial charge in [-0.15, -0.1) is 0 Å². The lowest BCUT2D eigenvalue weighted by atomic mass is 9.99. The molecule has 3 aromatic rings. The summed E-state index contributed by atoms with van der Waals surface area (Å²) in [6, 6.07) is 15.8. The Kier molecular flexibility index (Phi) is 7.98. The maximum Gasteiger partial charge on any atom is 0.318 e. The maximum atomic E-state index is 12.5. The van der Waals surface area contributed by atoms with Gasteiger partial charge < -0.3 is 24.3 Å². The number of carbonyl (C=O) groups is 1. The number of fused-ring (bicyclic) bond motifs is 2. The molecule has 6 rings (SSSR count). The Labute approximate surface area is 248 Å². The SMILES string of the molecule is C=CC(=O)N1CCN(c2nc(OC[C@@H]3CCCN3[11CH3])nc3c2CCN(c2cccc4cccc(C)c24)C3)C[C@@H]1CC#N. The number of likely N-dealkylation sites (N-methyl/N-ethyl adjacent to an activating group) is 1. The van der Waals surface area contributed by atoms with Crippen LogP contribution in [0.1, 0.15) is 36.1 Å². The molecule has 2 saturated heterocycles. The van der Waals surface area contributed by atoms with E-state index in [-0.39, 0.29) is 18.4 Å². The fourth-order valence-corrected chi connectivity index (χ4v) is 6.79. The number of rotatable bonds is 7. The van der Waals surface area contributed by atoms with Gasteiger partial charge in [-0.05, 0) is 62.9 Å². The molecule has 3 aliphatic rings. The van der Waals surface area contributed by atoms with Crippen LogP contribution in [0.15, 0.2) is 49.1 Å². The smallest absolute Gasteiger partial charge is 0.318 e. The van der Waals surface area contributed by atoms with Crippen LogP contribution in [-0.4, -0.2) is 84.1 Å². The molecule has 1 aromatic heterocycles. The number of ether oxygens (including phenoxy) is 1. The number of carbonyl (C=O) groups excluding carboxylic acids is 1. The fourth-order valence-electron chi connectivity index (χ4n) is 6.79. The highest BCUT2D eigenvalue weighted by molar-refractivity contribution is 5.97. The van der Waals surface area contributed by atoms with Gasteiger partial charge in [-0.25, -0.2) is 0 Å². The van der Waals surface area contributed by atoms with Gasteiger partial charge in [-0.1, -0.05) is 36.9 Å². The molecule has 0 saturated carbocycles. The predicted molar refractivity (Wildman–Crippen MR) is 165 cm³/mol. The van der Waals surface area contributed by atoms with E-state index >= 15 is 0 Å². The number of hydrogen-bond donors (Lipinski definition) is 0. The minimum Gasteiger partial charge on any atom is -0.462 e. The summed E-state index contributed by atoms with van der Waals surface area (Å²) in [4.78, 5) is 31.3. The van der Waals surface area contributed by atoms with Gasteiger partial charge in [0.2, 0.25) is 5.91 Å². The number of hydrogen-bond acceptors (Lipinski definition) is 8. The molecule has 3 aliphatic heterocycles. The first-order chi connectivity index (χ1) is 20.5. The molecule has 1 amide bonds. The number of amides is 1. The van der Waals surface area contributed by atoms with Gasteiger partial charge in [-0.2, -0.15) is 15.2 Å². The van der Waals surface area contributed by atoms with Crippen molar-refractivity contribution in [2.24, 2.45) is 0 Å². The van der Waals surface area contributed by atoms with Crippen LogP contribution in [0.5, 0.6) is 6.01 Å². The average Bonchev–Trinajstić information content (AvgIpc) is 3.43. The van der Waals surface area contributed by atoms with E-state index in [0.29, 0.717) is 44.8 Å². The van der Waals surface area contributed by atoms with Crippen LogP contribution >= 0.6 is 0 Å². The Bertz CT molecular complexity index is 1530. The second-order valence-corrected chi connectivity index (χ2v) is 11.7. The number of benzene rings is 2. The molecule has 0 N–H and O–H groups in total. The Balaban J connectivity index is 1.34. The number of likely N-dealkylation sites (tertiary alicyclic amines) is 1. The molecule has 2 atom stereocenters. The molecule has 0 unspecified atom stereocenters. The van der Waals surface area contributed by atoms with Crippen molar-refractivity contribution in [1.82, 2.24) is 19.8 Å². The van der Waals surface area contributed by atoms with Crippen LogP contribution in [-0.2, 0) is 17.8 Å². The highest BCUT2D eigenvalue weighted by Crippen LogP contribution is 2.36. The predicted octanol–water partition coefficient (Wildman–Crippen LogP) is 4.09. The Morgan fingerprint density at radius 3 is 2.71 bits per heavy atom. The van der Waals surface area contributed by atoms with E-state index in [4.69, 9.17) is 14.7 Å². The van der Waals surface area contributed by atoms with Crippen LogP contribution in [0.25, 0.3) is 10.8 Å². The highest BCUT2D eigenvalue weighted by atomic mass is 16.5. The van der Waals surface area contributed by atoms with Gasteiger partial charge in [0, 0.05) is 48.9 Å². The lowest BCUT2D eigenvalue weighted by Crippen LogP contribution is -2.55. The molecule has 218 valence electrons. The van der Waals surface area contributed by atoms with Crippen molar-refractivity contribution in [3.05, 3.63) is 65.9 Å². The van der Waals surface area contributed by atoms with Crippen LogP contribution in [0.3, 0.4) is 0 Å². The van der Waals surface area contributed by atoms with Gasteiger partial charge in [0.05, 0.1) is 30.8 Å². The van der Waals surface area contributed by atoms with E-state index in [2.05, 4.69) is 77.7 Å². The Morgan fingerprint density at radius 1 is 1.12 bits per heavy atom. The van der Waals surface area contributed by atoms with E-state index in [0.717, 1.165) is 43.0 Å². The van der Waals surface area contributed by atoms with Crippen molar-refractivity contribution in [2.45, 2.75) is 51.2 Å². The summed E-state index contributed by atoms with van der Waals surface area (Å²) in [7, 11) is 2.14. The number of piperazine rings is 1. The molecule has 42 heavy (non-hydrogen) atoms. The van der Waals surface area contributed by atoms with Crippen LogP contribution in [0, 0.1) is 18.3 Å². The summed E-state index contributed by atoms with van der Waals surface area (Å²) >= 11 is 0. The lowest BCUT2D eigenvalue weighted by molar-refractivity contribution is -0.128. The standard InChI is InChI=1S/C33H39N7O2/c1-4-30(41)40-19-18-39(20-25(40)13-15-34)32-27-14-17-38(29-12-6-10-24-9-5-8-23(2)31(24)29)21-28(27)35-33(36-32)42-22-26-11-7-16-37(26)3/h4-6,8-10,12,25-26H,1,7,11,13-14,16-22H2,2-3H3/t25-,26-/m0/s1/i3-1. The lowest BCUT2D eigenvalue weighted by Gasteiger charge is -2.42. The molecule has 0 aliphatic carbocycles. The molecular weight excluding hydrogens is 525 g/mol. The topological polar surface area (TPSA) is 88.8 Å². The zero-order valence-electron chi connectivity index (χ0n) is 24.6. The number of aromatic nitrogens is 2. The number of nitrogens with zero attached hydrogens (tertiary/aromatic N) is 7. The van der Waals surface area contributed by atoms with E-state index in [1.54, 1.807) is 4.90 Å². The van der Waals surface area contributed by atoms with Gasteiger partial charge in [0.1, 0.15) is 12.4 Å². The summed E-state index contributed by atoms with van der Waals surface area (Å²) in [6.45, 7) is 10.7. The van der Waals surface area contributed by atoms with Crippen molar-refractivity contribution in [3.63, 3.8) is 0 Å². The monoisotopic (exact) mass is 564 g/mol. The van der Waals surface area contributed by atoms with Crippen molar-refractivity contribution in [1.29, 1.82) is 5.26 Å². The summed E-state index contributed by atoms with van der Waals surface area (Å²) in [5, 5.41) is 12.0. The molecule has 2 fully saturated rings. The summed E-state index contributed by atoms with van der Waals surface area (Å²) < 4.78 is 6.30. The van der Waals surface area contributed by atoms with Crippen LogP contribution in [0.2, 0.25) is 0 Å². The third-order valence-corrected chi connectivity index (χ3v) is 9.10. The van der Waals surface area contributed by atoms with Crippen LogP contribution < -0.4 is 14.5 Å². The number of nitriles is 1. The Morgan fingerprint density at radius 2 is 1.95 bits per heavy atom. The van der Waals surface area contributed by atoms with Gasteiger partial charge in [-0.3, -0.25) is 4.79 Å². The van der Waals surface area contributed by atoms with E-state index < -0.39 is 0 Å². The minimum absolute atomic E-state index is 0.134. The largest absolute Gasteiger partial charge is 0.462 e. The zero-order valence-corrected chi connectivity index (χ0v) is 24.6. The molecule has 2 aromatic carbocycles. The molecule has 0 bridgehead atoms. The van der Waals surface area contributed by atoms with Gasteiger partial charge in [0.25, 0.3) is 0 Å².